The van der Waals surface area contributed by atoms with E-state index in [4.69, 9.17) is 0 Å². The van der Waals surface area contributed by atoms with Crippen LogP contribution in [0.25, 0.3) is 0 Å². The van der Waals surface area contributed by atoms with Gasteiger partial charge >= 0.3 is 0 Å². The van der Waals surface area contributed by atoms with Gasteiger partial charge in [0.25, 0.3) is 0 Å². The first kappa shape index (κ1) is 16.8. The molecule has 0 spiro atoms. The number of rotatable bonds is 2. The Morgan fingerprint density at radius 3 is 2.61 bits per heavy atom. The number of thioether (sulfide) groups is 1. The van der Waals surface area contributed by atoms with Gasteiger partial charge in [0.05, 0.1) is 10.6 Å². The molecule has 5 nitrogen and oxygen atoms in total. The average molecular weight is 354 g/mol. The van der Waals surface area contributed by atoms with E-state index in [2.05, 4.69) is 12.2 Å². The lowest BCUT2D eigenvalue weighted by Crippen LogP contribution is -2.37. The number of nitrogens with zero attached hydrogens (tertiary/aromatic N) is 1. The van der Waals surface area contributed by atoms with Crippen LogP contribution >= 0.6 is 11.8 Å². The van der Waals surface area contributed by atoms with E-state index in [-0.39, 0.29) is 16.1 Å². The van der Waals surface area contributed by atoms with Crippen LogP contribution in [0.2, 0.25) is 0 Å². The molecule has 2 aliphatic heterocycles. The van der Waals surface area contributed by atoms with Crippen molar-refractivity contribution in [2.75, 3.05) is 18.4 Å². The number of fused-ring (bicyclic) bond motifs is 1. The van der Waals surface area contributed by atoms with Gasteiger partial charge in [0, 0.05) is 29.7 Å². The minimum atomic E-state index is -3.49. The highest BCUT2D eigenvalue weighted by atomic mass is 32.2. The predicted octanol–water partition coefficient (Wildman–Crippen LogP) is 2.93. The van der Waals surface area contributed by atoms with Crippen LogP contribution in [-0.2, 0) is 14.8 Å². The molecule has 1 atom stereocenters. The third-order valence-electron chi connectivity index (χ3n) is 4.41. The van der Waals surface area contributed by atoms with Crippen molar-refractivity contribution in [1.29, 1.82) is 0 Å². The lowest BCUT2D eigenvalue weighted by Gasteiger charge is -2.29. The van der Waals surface area contributed by atoms with Crippen LogP contribution in [-0.4, -0.2) is 37.0 Å². The first-order valence-electron chi connectivity index (χ1n) is 7.97. The van der Waals surface area contributed by atoms with Crippen molar-refractivity contribution >= 4 is 33.4 Å². The van der Waals surface area contributed by atoms with Gasteiger partial charge in [-0.1, -0.05) is 13.8 Å². The third-order valence-corrected chi connectivity index (χ3v) is 7.48. The second-order valence-corrected chi connectivity index (χ2v) is 9.84. The van der Waals surface area contributed by atoms with Crippen molar-refractivity contribution in [3.8, 4) is 0 Å². The summed E-state index contributed by atoms with van der Waals surface area (Å²) in [6, 6.07) is 5.07. The van der Waals surface area contributed by atoms with Crippen LogP contribution in [0.15, 0.2) is 28.0 Å². The molecule has 1 saturated heterocycles. The van der Waals surface area contributed by atoms with Gasteiger partial charge in [0.1, 0.15) is 0 Å². The summed E-state index contributed by atoms with van der Waals surface area (Å²) in [5.74, 6) is 0.510. The fourth-order valence-corrected chi connectivity index (χ4v) is 5.51. The van der Waals surface area contributed by atoms with Crippen molar-refractivity contribution in [2.45, 2.75) is 48.2 Å². The number of hydrogen-bond acceptors (Lipinski definition) is 4. The van der Waals surface area contributed by atoms with E-state index in [1.54, 1.807) is 28.2 Å². The molecule has 0 aliphatic carbocycles. The fraction of sp³-hybridized carbons (Fsp3) is 0.562. The van der Waals surface area contributed by atoms with Gasteiger partial charge in [-0.15, -0.1) is 11.8 Å². The Hall–Kier alpha value is -1.05. The van der Waals surface area contributed by atoms with E-state index in [0.717, 1.165) is 17.7 Å². The zero-order valence-corrected chi connectivity index (χ0v) is 15.0. The van der Waals surface area contributed by atoms with E-state index >= 15 is 0 Å². The summed E-state index contributed by atoms with van der Waals surface area (Å²) in [4.78, 5) is 13.1. The van der Waals surface area contributed by atoms with Crippen LogP contribution < -0.4 is 5.32 Å². The minimum Gasteiger partial charge on any atom is -0.325 e. The molecule has 1 N–H and O–H groups in total. The van der Waals surface area contributed by atoms with Gasteiger partial charge in [-0.25, -0.2) is 8.42 Å². The molecule has 0 unspecified atom stereocenters. The van der Waals surface area contributed by atoms with Gasteiger partial charge in [-0.2, -0.15) is 4.31 Å². The highest BCUT2D eigenvalue weighted by molar-refractivity contribution is 8.00. The lowest BCUT2D eigenvalue weighted by atomic mass is 10.0. The van der Waals surface area contributed by atoms with Gasteiger partial charge in [-0.3, -0.25) is 4.79 Å². The summed E-state index contributed by atoms with van der Waals surface area (Å²) in [7, 11) is -3.49. The molecule has 1 amide bonds. The smallest absolute Gasteiger partial charge is 0.243 e. The van der Waals surface area contributed by atoms with Crippen LogP contribution in [0.4, 0.5) is 5.69 Å². The molecule has 2 aliphatic rings. The summed E-state index contributed by atoms with van der Waals surface area (Å²) in [6.45, 7) is 5.29. The number of piperidine rings is 1. The van der Waals surface area contributed by atoms with Crippen molar-refractivity contribution in [1.82, 2.24) is 4.31 Å². The topological polar surface area (TPSA) is 66.5 Å². The Morgan fingerprint density at radius 2 is 1.91 bits per heavy atom. The van der Waals surface area contributed by atoms with Gasteiger partial charge < -0.3 is 5.32 Å². The summed E-state index contributed by atoms with van der Waals surface area (Å²) < 4.78 is 27.2. The summed E-state index contributed by atoms with van der Waals surface area (Å²) in [5, 5.41) is 3.02. The van der Waals surface area contributed by atoms with Crippen molar-refractivity contribution in [2.24, 2.45) is 5.92 Å². The lowest BCUT2D eigenvalue weighted by molar-refractivity contribution is -0.116. The largest absolute Gasteiger partial charge is 0.325 e. The Morgan fingerprint density at radius 1 is 1.22 bits per heavy atom. The number of hydrogen-bond donors (Lipinski definition) is 1. The normalized spacial score (nSPS) is 23.9. The molecule has 23 heavy (non-hydrogen) atoms. The molecule has 0 saturated carbocycles. The molecule has 2 heterocycles. The van der Waals surface area contributed by atoms with Gasteiger partial charge in [-0.05, 0) is 37.0 Å². The molecule has 1 aromatic carbocycles. The summed E-state index contributed by atoms with van der Waals surface area (Å²) in [6.07, 6.45) is 2.23. The van der Waals surface area contributed by atoms with Crippen LogP contribution in [0.3, 0.4) is 0 Å². The number of anilines is 1. The first-order valence-corrected chi connectivity index (χ1v) is 10.3. The second kappa shape index (κ2) is 6.45. The Bertz CT molecular complexity index is 710. The number of carbonyl (C=O) groups is 1. The van der Waals surface area contributed by atoms with Crippen molar-refractivity contribution < 1.29 is 13.2 Å². The predicted molar refractivity (Wildman–Crippen MR) is 92.2 cm³/mol. The SMILES string of the molecule is CC1CCN(S(=O)(=O)c2ccc3c(c2)NC(=O)C[C@@H](C)S3)CC1. The number of carbonyl (C=O) groups excluding carboxylic acids is 1. The number of benzene rings is 1. The van der Waals surface area contributed by atoms with E-state index in [0.29, 0.717) is 31.1 Å². The maximum absolute atomic E-state index is 12.8. The average Bonchev–Trinajstić information content (AvgIpc) is 2.63. The van der Waals surface area contributed by atoms with Crippen molar-refractivity contribution in [3.63, 3.8) is 0 Å². The Kier molecular flexibility index (Phi) is 4.71. The maximum Gasteiger partial charge on any atom is 0.243 e. The highest BCUT2D eigenvalue weighted by Gasteiger charge is 2.29. The minimum absolute atomic E-state index is 0.0647. The Labute approximate surface area is 141 Å². The quantitative estimate of drug-likeness (QED) is 0.887. The Balaban J connectivity index is 1.90. The zero-order chi connectivity index (χ0) is 16.6. The van der Waals surface area contributed by atoms with Crippen LogP contribution in [0.1, 0.15) is 33.1 Å². The molecule has 7 heteroatoms. The summed E-state index contributed by atoms with van der Waals surface area (Å²) >= 11 is 1.60. The molecule has 0 bridgehead atoms. The molecular formula is C16H22N2O3S2. The summed E-state index contributed by atoms with van der Waals surface area (Å²) in [5.41, 5.74) is 0.607. The molecule has 0 aromatic heterocycles. The van der Waals surface area contributed by atoms with E-state index in [1.807, 2.05) is 13.0 Å². The molecule has 1 fully saturated rings. The van der Waals surface area contributed by atoms with Gasteiger partial charge in [0.2, 0.25) is 15.9 Å². The van der Waals surface area contributed by atoms with Crippen LogP contribution in [0.5, 0.6) is 0 Å². The first-order chi connectivity index (χ1) is 10.9. The fourth-order valence-electron chi connectivity index (χ4n) is 2.97. The molecule has 3 rings (SSSR count). The van der Waals surface area contributed by atoms with E-state index in [9.17, 15) is 13.2 Å². The van der Waals surface area contributed by atoms with Crippen molar-refractivity contribution in [3.05, 3.63) is 18.2 Å². The van der Waals surface area contributed by atoms with E-state index < -0.39 is 10.0 Å². The third kappa shape index (κ3) is 3.56. The maximum atomic E-state index is 12.8. The molecular weight excluding hydrogens is 332 g/mol. The number of amides is 1. The molecule has 126 valence electrons. The highest BCUT2D eigenvalue weighted by Crippen LogP contribution is 2.37. The van der Waals surface area contributed by atoms with Crippen LogP contribution in [0, 0.1) is 5.92 Å². The molecule has 1 aromatic rings. The van der Waals surface area contributed by atoms with E-state index in [1.165, 1.54) is 0 Å². The molecule has 0 radical (unpaired) electrons. The zero-order valence-electron chi connectivity index (χ0n) is 13.4. The standard InChI is InChI=1S/C16H22N2O3S2/c1-11-5-7-18(8-6-11)23(20,21)13-3-4-15-14(10-13)17-16(19)9-12(2)22-15/h3-4,10-12H,5-9H2,1-2H3,(H,17,19)/t12-/m1/s1. The van der Waals surface area contributed by atoms with Gasteiger partial charge in [0.15, 0.2) is 0 Å². The monoisotopic (exact) mass is 354 g/mol. The number of sulfonamides is 1. The number of nitrogens with one attached hydrogen (secondary N) is 1. The second-order valence-electron chi connectivity index (χ2n) is 6.43.